The van der Waals surface area contributed by atoms with Crippen LogP contribution in [0, 0.1) is 0 Å². The van der Waals surface area contributed by atoms with Gasteiger partial charge >= 0.3 is 12.1 Å². The molecule has 0 aromatic carbocycles. The van der Waals surface area contributed by atoms with Gasteiger partial charge in [0.25, 0.3) is 0 Å². The maximum atomic E-state index is 12.1. The van der Waals surface area contributed by atoms with Crippen molar-refractivity contribution in [2.75, 3.05) is 26.2 Å². The van der Waals surface area contributed by atoms with Crippen molar-refractivity contribution in [1.82, 2.24) is 9.80 Å². The second-order valence-electron chi connectivity index (χ2n) is 8.15. The molecule has 0 saturated carbocycles. The number of carbonyl (C=O) groups is 2. The van der Waals surface area contributed by atoms with E-state index in [4.69, 9.17) is 4.74 Å². The molecule has 0 bridgehead atoms. The lowest BCUT2D eigenvalue weighted by atomic mass is 9.81. The monoisotopic (exact) mass is 328 g/mol. The van der Waals surface area contributed by atoms with Crippen LogP contribution < -0.4 is 0 Å². The van der Waals surface area contributed by atoms with Gasteiger partial charge in [-0.05, 0) is 47.1 Å². The molecule has 0 radical (unpaired) electrons. The quantitative estimate of drug-likeness (QED) is 0.811. The standard InChI is InChI=1S/C16H28N2O5/c1-14(2,3)23-13(21)17-10-16(11-17,8-12(19)20)18-7-5-6-15(4,22)9-18/h22H,5-11H2,1-4H3,(H,19,20). The zero-order valence-electron chi connectivity index (χ0n) is 14.5. The van der Waals surface area contributed by atoms with Crippen molar-refractivity contribution < 1.29 is 24.5 Å². The Morgan fingerprint density at radius 2 is 1.83 bits per heavy atom. The third-order valence-corrected chi connectivity index (χ3v) is 4.45. The fourth-order valence-corrected chi connectivity index (χ4v) is 3.45. The number of aliphatic hydroxyl groups is 1. The van der Waals surface area contributed by atoms with E-state index in [-0.39, 0.29) is 6.42 Å². The molecule has 1 atom stereocenters. The Morgan fingerprint density at radius 3 is 2.30 bits per heavy atom. The second-order valence-corrected chi connectivity index (χ2v) is 8.15. The number of piperidine rings is 1. The van der Waals surface area contributed by atoms with E-state index < -0.39 is 28.8 Å². The highest BCUT2D eigenvalue weighted by Gasteiger charge is 2.53. The maximum Gasteiger partial charge on any atom is 0.410 e. The summed E-state index contributed by atoms with van der Waals surface area (Å²) in [6.07, 6.45) is 1.08. The van der Waals surface area contributed by atoms with Crippen molar-refractivity contribution in [2.24, 2.45) is 0 Å². The summed E-state index contributed by atoms with van der Waals surface area (Å²) < 4.78 is 5.34. The Kier molecular flexibility index (Phi) is 4.65. The summed E-state index contributed by atoms with van der Waals surface area (Å²) >= 11 is 0. The molecule has 2 saturated heterocycles. The fourth-order valence-electron chi connectivity index (χ4n) is 3.45. The van der Waals surface area contributed by atoms with Gasteiger partial charge in [0.1, 0.15) is 5.60 Å². The highest BCUT2D eigenvalue weighted by atomic mass is 16.6. The summed E-state index contributed by atoms with van der Waals surface area (Å²) in [6.45, 7) is 9.01. The SMILES string of the molecule is CC1(O)CCCN(C2(CC(=O)O)CN(C(=O)OC(C)(C)C)C2)C1. The van der Waals surface area contributed by atoms with Crippen molar-refractivity contribution >= 4 is 12.1 Å². The molecular formula is C16H28N2O5. The minimum absolute atomic E-state index is 0.0393. The Bertz CT molecular complexity index is 477. The number of β-amino-alcohol motifs (C(OH)–C–C–N with tert-alkyl or cyclic N) is 1. The minimum Gasteiger partial charge on any atom is -0.481 e. The lowest BCUT2D eigenvalue weighted by Gasteiger charge is -2.57. The van der Waals surface area contributed by atoms with E-state index in [2.05, 4.69) is 0 Å². The molecule has 7 nitrogen and oxygen atoms in total. The zero-order valence-corrected chi connectivity index (χ0v) is 14.5. The van der Waals surface area contributed by atoms with Crippen LogP contribution in [0.25, 0.3) is 0 Å². The molecule has 0 aromatic heterocycles. The van der Waals surface area contributed by atoms with Crippen LogP contribution in [0.2, 0.25) is 0 Å². The molecule has 0 aromatic rings. The first-order valence-electron chi connectivity index (χ1n) is 8.10. The molecule has 132 valence electrons. The summed E-state index contributed by atoms with van der Waals surface area (Å²) in [7, 11) is 0. The number of hydrogen-bond donors (Lipinski definition) is 2. The first-order chi connectivity index (χ1) is 10.4. The number of carbonyl (C=O) groups excluding carboxylic acids is 1. The second kappa shape index (κ2) is 5.94. The van der Waals surface area contributed by atoms with Gasteiger partial charge in [0.05, 0.1) is 17.6 Å². The summed E-state index contributed by atoms with van der Waals surface area (Å²) in [4.78, 5) is 27.0. The normalized spacial score (nSPS) is 28.1. The molecule has 2 N–H and O–H groups in total. The Balaban J connectivity index is 2.06. The number of aliphatic carboxylic acids is 1. The number of rotatable bonds is 3. The summed E-state index contributed by atoms with van der Waals surface area (Å²) in [5.41, 5.74) is -1.99. The Labute approximate surface area is 137 Å². The molecule has 2 aliphatic heterocycles. The van der Waals surface area contributed by atoms with Crippen LogP contribution in [0.1, 0.15) is 47.0 Å². The van der Waals surface area contributed by atoms with Crippen molar-refractivity contribution in [2.45, 2.75) is 63.7 Å². The highest BCUT2D eigenvalue weighted by Crippen LogP contribution is 2.36. The number of likely N-dealkylation sites (tertiary alicyclic amines) is 2. The van der Waals surface area contributed by atoms with Gasteiger partial charge < -0.3 is 19.8 Å². The van der Waals surface area contributed by atoms with E-state index in [1.165, 1.54) is 4.90 Å². The topological polar surface area (TPSA) is 90.3 Å². The van der Waals surface area contributed by atoms with E-state index in [0.29, 0.717) is 26.1 Å². The first kappa shape index (κ1) is 18.0. The van der Waals surface area contributed by atoms with Gasteiger partial charge in [0.15, 0.2) is 0 Å². The van der Waals surface area contributed by atoms with Gasteiger partial charge in [-0.3, -0.25) is 9.69 Å². The third-order valence-electron chi connectivity index (χ3n) is 4.45. The number of amides is 1. The van der Waals surface area contributed by atoms with Crippen molar-refractivity contribution in [3.05, 3.63) is 0 Å². The highest BCUT2D eigenvalue weighted by molar-refractivity contribution is 5.73. The lowest BCUT2D eigenvalue weighted by molar-refractivity contribution is -0.151. The first-order valence-corrected chi connectivity index (χ1v) is 8.10. The average Bonchev–Trinajstić information content (AvgIpc) is 2.29. The lowest BCUT2D eigenvalue weighted by Crippen LogP contribution is -2.74. The maximum absolute atomic E-state index is 12.1. The van der Waals surface area contributed by atoms with Crippen LogP contribution in [-0.2, 0) is 9.53 Å². The van der Waals surface area contributed by atoms with Crippen LogP contribution >= 0.6 is 0 Å². The smallest absolute Gasteiger partial charge is 0.410 e. The Morgan fingerprint density at radius 1 is 1.22 bits per heavy atom. The molecule has 2 heterocycles. The van der Waals surface area contributed by atoms with Crippen molar-refractivity contribution in [3.8, 4) is 0 Å². The van der Waals surface area contributed by atoms with Crippen LogP contribution in [0.4, 0.5) is 4.79 Å². The van der Waals surface area contributed by atoms with E-state index in [1.54, 1.807) is 27.7 Å². The molecular weight excluding hydrogens is 300 g/mol. The van der Waals surface area contributed by atoms with E-state index in [1.807, 2.05) is 4.90 Å². The average molecular weight is 328 g/mol. The number of ether oxygens (including phenoxy) is 1. The van der Waals surface area contributed by atoms with Crippen LogP contribution in [-0.4, -0.2) is 75.0 Å². The molecule has 2 fully saturated rings. The van der Waals surface area contributed by atoms with Gasteiger partial charge in [-0.1, -0.05) is 0 Å². The third kappa shape index (κ3) is 4.35. The Hall–Kier alpha value is -1.34. The van der Waals surface area contributed by atoms with Crippen molar-refractivity contribution in [3.63, 3.8) is 0 Å². The molecule has 2 rings (SSSR count). The van der Waals surface area contributed by atoms with Gasteiger partial charge in [-0.25, -0.2) is 4.79 Å². The number of nitrogens with zero attached hydrogens (tertiary/aromatic N) is 2. The van der Waals surface area contributed by atoms with E-state index >= 15 is 0 Å². The van der Waals surface area contributed by atoms with E-state index in [9.17, 15) is 19.8 Å². The number of carboxylic acids is 1. The molecule has 2 aliphatic rings. The molecule has 1 amide bonds. The number of hydrogen-bond acceptors (Lipinski definition) is 5. The molecule has 1 unspecified atom stereocenters. The molecule has 7 heteroatoms. The van der Waals surface area contributed by atoms with Gasteiger partial charge in [-0.2, -0.15) is 0 Å². The molecule has 0 aliphatic carbocycles. The predicted molar refractivity (Wildman–Crippen MR) is 84.2 cm³/mol. The van der Waals surface area contributed by atoms with E-state index in [0.717, 1.165) is 13.0 Å². The zero-order chi connectivity index (χ0) is 17.5. The summed E-state index contributed by atoms with van der Waals surface area (Å²) in [5, 5.41) is 19.6. The molecule has 0 spiro atoms. The molecule has 23 heavy (non-hydrogen) atoms. The van der Waals surface area contributed by atoms with Gasteiger partial charge in [0, 0.05) is 19.6 Å². The van der Waals surface area contributed by atoms with Crippen molar-refractivity contribution in [1.29, 1.82) is 0 Å². The fraction of sp³-hybridized carbons (Fsp3) is 0.875. The number of carboxylic acid groups (broad SMARTS) is 1. The largest absolute Gasteiger partial charge is 0.481 e. The predicted octanol–water partition coefficient (Wildman–Crippen LogP) is 1.30. The van der Waals surface area contributed by atoms with Gasteiger partial charge in [0.2, 0.25) is 0 Å². The van der Waals surface area contributed by atoms with Gasteiger partial charge in [-0.15, -0.1) is 0 Å². The minimum atomic E-state index is -0.890. The summed E-state index contributed by atoms with van der Waals surface area (Å²) in [6, 6.07) is 0. The van der Waals surface area contributed by atoms with Crippen LogP contribution in [0.15, 0.2) is 0 Å². The van der Waals surface area contributed by atoms with Crippen LogP contribution in [0.3, 0.4) is 0 Å². The summed E-state index contributed by atoms with van der Waals surface area (Å²) in [5.74, 6) is -0.890. The van der Waals surface area contributed by atoms with Crippen LogP contribution in [0.5, 0.6) is 0 Å².